The van der Waals surface area contributed by atoms with Gasteiger partial charge in [-0.1, -0.05) is 13.8 Å². The molecule has 2 fully saturated rings. The number of carbonyl (C=O) groups is 1. The number of aromatic amines is 1. The van der Waals surface area contributed by atoms with E-state index in [1.807, 2.05) is 20.8 Å². The lowest BCUT2D eigenvalue weighted by Crippen LogP contribution is -2.53. The molecule has 2 saturated heterocycles. The minimum atomic E-state index is -0.192. The monoisotopic (exact) mass is 522 g/mol. The standard InChI is InChI=1S/C28H36N6O2S.H2/c1-15(2)22-23-18(5)25(19-6-9-33(10-7-19)28(35)21-13-36-11-8-29-21)37-27(23)32-24(22)20-12-34-26(30-14-31-34)17(4)16(20)3;/h12,14-15,19,21,29,32H,6-11,13H2,1-5H3;1H/t21-;/m1./s1. The summed E-state index contributed by atoms with van der Waals surface area (Å²) in [6.45, 7) is 14.7. The van der Waals surface area contributed by atoms with E-state index >= 15 is 0 Å². The Labute approximate surface area is 222 Å². The fraction of sp³-hybridized carbons (Fsp3) is 0.536. The lowest BCUT2D eigenvalue weighted by molar-refractivity contribution is -0.137. The Morgan fingerprint density at radius 3 is 2.68 bits per heavy atom. The maximum atomic E-state index is 12.9. The highest BCUT2D eigenvalue weighted by Gasteiger charge is 2.32. The maximum Gasteiger partial charge on any atom is 0.242 e. The number of hydrogen-bond donors (Lipinski definition) is 2. The number of hydrogen-bond acceptors (Lipinski definition) is 6. The Bertz CT molecular complexity index is 1470. The van der Waals surface area contributed by atoms with Gasteiger partial charge < -0.3 is 19.9 Å². The Morgan fingerprint density at radius 1 is 1.19 bits per heavy atom. The zero-order chi connectivity index (χ0) is 25.8. The highest BCUT2D eigenvalue weighted by Crippen LogP contribution is 2.46. The van der Waals surface area contributed by atoms with Crippen molar-refractivity contribution >= 4 is 33.1 Å². The van der Waals surface area contributed by atoms with Gasteiger partial charge in [-0.15, -0.1) is 11.3 Å². The van der Waals surface area contributed by atoms with Gasteiger partial charge in [0.1, 0.15) is 17.2 Å². The largest absolute Gasteiger partial charge is 0.378 e. The number of aromatic nitrogens is 4. The SMILES string of the molecule is Cc1c(-c2[nH]c3sc(C4CCN(C(=O)[C@H]5COCCN5)CC4)c(C)c3c2C(C)C)cn2ncnc2c1C.[HH]. The van der Waals surface area contributed by atoms with Crippen LogP contribution in [-0.4, -0.2) is 69.3 Å². The van der Waals surface area contributed by atoms with Crippen LogP contribution in [0.3, 0.4) is 0 Å². The average Bonchev–Trinajstić information content (AvgIpc) is 3.61. The third-order valence-corrected chi connectivity index (χ3v) is 9.70. The molecule has 198 valence electrons. The molecule has 0 bridgehead atoms. The summed E-state index contributed by atoms with van der Waals surface area (Å²) in [6.07, 6.45) is 5.75. The number of piperidine rings is 1. The van der Waals surface area contributed by atoms with Crippen LogP contribution < -0.4 is 5.32 Å². The Hall–Kier alpha value is -2.75. The molecule has 0 unspecified atom stereocenters. The van der Waals surface area contributed by atoms with Gasteiger partial charge in [0.15, 0.2) is 5.65 Å². The number of fused-ring (bicyclic) bond motifs is 2. The van der Waals surface area contributed by atoms with Crippen molar-refractivity contribution in [2.24, 2.45) is 0 Å². The zero-order valence-corrected chi connectivity index (χ0v) is 23.2. The number of thiophene rings is 1. The number of carbonyl (C=O) groups excluding carboxylic acids is 1. The summed E-state index contributed by atoms with van der Waals surface area (Å²) in [5, 5.41) is 9.10. The third-order valence-electron chi connectivity index (χ3n) is 8.33. The summed E-state index contributed by atoms with van der Waals surface area (Å²) in [5.41, 5.74) is 8.49. The number of H-pyrrole nitrogens is 1. The topological polar surface area (TPSA) is 87.5 Å². The van der Waals surface area contributed by atoms with E-state index in [0.717, 1.165) is 43.7 Å². The van der Waals surface area contributed by atoms with Gasteiger partial charge in [-0.2, -0.15) is 5.10 Å². The number of ether oxygens (including phenoxy) is 1. The number of morpholine rings is 1. The third kappa shape index (κ3) is 4.08. The van der Waals surface area contributed by atoms with E-state index < -0.39 is 0 Å². The van der Waals surface area contributed by atoms with Crippen molar-refractivity contribution in [1.29, 1.82) is 0 Å². The number of likely N-dealkylation sites (tertiary alicyclic amines) is 1. The maximum absolute atomic E-state index is 12.9. The van der Waals surface area contributed by atoms with Gasteiger partial charge in [0.25, 0.3) is 0 Å². The molecular weight excluding hydrogens is 484 g/mol. The molecule has 2 N–H and O–H groups in total. The van der Waals surface area contributed by atoms with Crippen molar-refractivity contribution in [3.8, 4) is 11.3 Å². The van der Waals surface area contributed by atoms with Gasteiger partial charge in [0.2, 0.25) is 5.91 Å². The van der Waals surface area contributed by atoms with E-state index in [9.17, 15) is 4.79 Å². The molecule has 2 aliphatic rings. The van der Waals surface area contributed by atoms with Gasteiger partial charge in [-0.25, -0.2) is 9.50 Å². The molecule has 0 radical (unpaired) electrons. The zero-order valence-electron chi connectivity index (χ0n) is 22.4. The molecule has 4 aromatic rings. The Morgan fingerprint density at radius 2 is 1.97 bits per heavy atom. The number of nitrogens with one attached hydrogen (secondary N) is 2. The second kappa shape index (κ2) is 9.53. The Kier molecular flexibility index (Phi) is 6.33. The van der Waals surface area contributed by atoms with Crippen LogP contribution >= 0.6 is 11.3 Å². The molecular formula is C28H38N6O2S. The number of aryl methyl sites for hydroxylation is 2. The molecule has 37 heavy (non-hydrogen) atoms. The van der Waals surface area contributed by atoms with Gasteiger partial charge in [0, 0.05) is 43.1 Å². The number of pyridine rings is 1. The molecule has 9 heteroatoms. The van der Waals surface area contributed by atoms with E-state index in [2.05, 4.69) is 61.2 Å². The second-order valence-electron chi connectivity index (χ2n) is 10.9. The first-order chi connectivity index (χ1) is 17.8. The van der Waals surface area contributed by atoms with Crippen LogP contribution in [0.2, 0.25) is 0 Å². The first-order valence-corrected chi connectivity index (χ1v) is 14.2. The molecule has 0 saturated carbocycles. The predicted octanol–water partition coefficient (Wildman–Crippen LogP) is 4.93. The van der Waals surface area contributed by atoms with Crippen LogP contribution in [0.1, 0.15) is 67.1 Å². The van der Waals surface area contributed by atoms with E-state index in [4.69, 9.17) is 4.74 Å². The van der Waals surface area contributed by atoms with Crippen molar-refractivity contribution in [3.05, 3.63) is 39.7 Å². The highest BCUT2D eigenvalue weighted by molar-refractivity contribution is 7.19. The summed E-state index contributed by atoms with van der Waals surface area (Å²) in [4.78, 5) is 26.0. The van der Waals surface area contributed by atoms with Crippen LogP contribution in [0.5, 0.6) is 0 Å². The van der Waals surface area contributed by atoms with Gasteiger partial charge >= 0.3 is 0 Å². The highest BCUT2D eigenvalue weighted by atomic mass is 32.1. The molecule has 8 nitrogen and oxygen atoms in total. The lowest BCUT2D eigenvalue weighted by Gasteiger charge is -2.35. The van der Waals surface area contributed by atoms with E-state index in [1.54, 1.807) is 6.33 Å². The summed E-state index contributed by atoms with van der Waals surface area (Å²) in [5.74, 6) is 1.06. The number of nitrogens with zero attached hydrogens (tertiary/aromatic N) is 4. The van der Waals surface area contributed by atoms with Crippen molar-refractivity contribution in [2.45, 2.75) is 65.3 Å². The van der Waals surface area contributed by atoms with Crippen LogP contribution in [0.15, 0.2) is 12.5 Å². The van der Waals surface area contributed by atoms with Gasteiger partial charge in [-0.05, 0) is 67.7 Å². The lowest BCUT2D eigenvalue weighted by atomic mass is 9.89. The van der Waals surface area contributed by atoms with Crippen LogP contribution in [0.4, 0.5) is 0 Å². The van der Waals surface area contributed by atoms with Crippen molar-refractivity contribution in [1.82, 2.24) is 29.8 Å². The van der Waals surface area contributed by atoms with Crippen LogP contribution in [-0.2, 0) is 9.53 Å². The van der Waals surface area contributed by atoms with Gasteiger partial charge in [0.05, 0.1) is 18.9 Å². The van der Waals surface area contributed by atoms with Gasteiger partial charge in [-0.3, -0.25) is 4.79 Å². The second-order valence-corrected chi connectivity index (χ2v) is 11.9. The molecule has 1 atom stereocenters. The minimum Gasteiger partial charge on any atom is -0.378 e. The average molecular weight is 523 g/mol. The van der Waals surface area contributed by atoms with Crippen molar-refractivity contribution in [2.75, 3.05) is 32.8 Å². The van der Waals surface area contributed by atoms with Crippen molar-refractivity contribution < 1.29 is 11.0 Å². The fourth-order valence-corrected chi connectivity index (χ4v) is 7.58. The number of rotatable bonds is 4. The predicted molar refractivity (Wildman–Crippen MR) is 150 cm³/mol. The minimum absolute atomic E-state index is 0. The summed E-state index contributed by atoms with van der Waals surface area (Å²) in [6, 6.07) is -0.192. The number of amides is 1. The van der Waals surface area contributed by atoms with E-state index in [1.165, 1.54) is 43.0 Å². The first kappa shape index (κ1) is 24.6. The van der Waals surface area contributed by atoms with Crippen molar-refractivity contribution in [3.63, 3.8) is 0 Å². The summed E-state index contributed by atoms with van der Waals surface area (Å²) < 4.78 is 7.40. The normalized spacial score (nSPS) is 19.5. The molecule has 2 aliphatic heterocycles. The van der Waals surface area contributed by atoms with E-state index in [0.29, 0.717) is 25.0 Å². The molecule has 4 aromatic heterocycles. The molecule has 6 heterocycles. The summed E-state index contributed by atoms with van der Waals surface area (Å²) >= 11 is 1.90. The van der Waals surface area contributed by atoms with Crippen LogP contribution in [0.25, 0.3) is 27.1 Å². The fourth-order valence-electron chi connectivity index (χ4n) is 6.19. The van der Waals surface area contributed by atoms with E-state index in [-0.39, 0.29) is 13.4 Å². The molecule has 0 spiro atoms. The Balaban J connectivity index is 0.00000294. The van der Waals surface area contributed by atoms with Crippen LogP contribution in [0, 0.1) is 20.8 Å². The first-order valence-electron chi connectivity index (χ1n) is 13.4. The molecule has 0 aliphatic carbocycles. The summed E-state index contributed by atoms with van der Waals surface area (Å²) in [7, 11) is 0. The smallest absolute Gasteiger partial charge is 0.242 e. The molecule has 1 amide bonds. The quantitative estimate of drug-likeness (QED) is 0.397. The molecule has 0 aromatic carbocycles. The molecule has 6 rings (SSSR count).